The van der Waals surface area contributed by atoms with Crippen LogP contribution in [0.2, 0.25) is 0 Å². The van der Waals surface area contributed by atoms with Crippen LogP contribution in [0.1, 0.15) is 6.42 Å². The first-order valence-electron chi connectivity index (χ1n) is 4.78. The van der Waals surface area contributed by atoms with E-state index in [1.807, 2.05) is 0 Å². The second-order valence-electron chi connectivity index (χ2n) is 4.00. The summed E-state index contributed by atoms with van der Waals surface area (Å²) in [4.78, 5) is 0. The zero-order valence-electron chi connectivity index (χ0n) is 8.39. The Balaban J connectivity index is 2.61. The molecule has 0 amide bonds. The van der Waals surface area contributed by atoms with Gasteiger partial charge in [-0.25, -0.2) is 8.42 Å². The number of aliphatic hydroxyl groups is 3. The van der Waals surface area contributed by atoms with Gasteiger partial charge in [0.15, 0.2) is 9.84 Å². The molecule has 7 heteroatoms. The first-order valence-corrected chi connectivity index (χ1v) is 6.60. The van der Waals surface area contributed by atoms with Crippen LogP contribution >= 0.6 is 0 Å². The summed E-state index contributed by atoms with van der Waals surface area (Å²) in [5.41, 5.74) is -1.19. The molecule has 1 aliphatic heterocycles. The third-order valence-corrected chi connectivity index (χ3v) is 4.42. The summed E-state index contributed by atoms with van der Waals surface area (Å²) in [6, 6.07) is -0.304. The van der Waals surface area contributed by atoms with Gasteiger partial charge in [0, 0.05) is 6.04 Å². The number of rotatable bonds is 5. The van der Waals surface area contributed by atoms with Crippen LogP contribution in [0.3, 0.4) is 0 Å². The van der Waals surface area contributed by atoms with E-state index in [1.54, 1.807) is 0 Å². The summed E-state index contributed by atoms with van der Waals surface area (Å²) in [6.45, 7) is -1.30. The fourth-order valence-electron chi connectivity index (χ4n) is 1.63. The molecule has 0 radical (unpaired) electrons. The zero-order chi connectivity index (χ0) is 11.5. The van der Waals surface area contributed by atoms with Gasteiger partial charge in [-0.15, -0.1) is 0 Å². The molecule has 1 atom stereocenters. The molecule has 0 aromatic rings. The number of aliphatic hydroxyl groups excluding tert-OH is 3. The van der Waals surface area contributed by atoms with Gasteiger partial charge in [0.1, 0.15) is 0 Å². The quantitative estimate of drug-likeness (QED) is 0.422. The molecule has 0 aromatic heterocycles. The van der Waals surface area contributed by atoms with Crippen LogP contribution in [0.5, 0.6) is 0 Å². The monoisotopic (exact) mass is 239 g/mol. The average molecular weight is 239 g/mol. The van der Waals surface area contributed by atoms with Crippen molar-refractivity contribution >= 4 is 9.84 Å². The fourth-order valence-corrected chi connectivity index (χ4v) is 3.30. The topological polar surface area (TPSA) is 107 Å². The van der Waals surface area contributed by atoms with Crippen molar-refractivity contribution in [2.75, 3.05) is 31.3 Å². The average Bonchev–Trinajstić information content (AvgIpc) is 2.55. The molecule has 1 aliphatic rings. The second kappa shape index (κ2) is 4.75. The van der Waals surface area contributed by atoms with Crippen molar-refractivity contribution in [1.29, 1.82) is 0 Å². The van der Waals surface area contributed by atoms with Gasteiger partial charge in [-0.2, -0.15) is 0 Å². The summed E-state index contributed by atoms with van der Waals surface area (Å²) in [6.07, 6.45) is 0.448. The lowest BCUT2D eigenvalue weighted by atomic mass is 10.0. The number of sulfone groups is 1. The minimum absolute atomic E-state index is 0.00521. The fraction of sp³-hybridized carbons (Fsp3) is 1.00. The van der Waals surface area contributed by atoms with Crippen LogP contribution < -0.4 is 5.32 Å². The van der Waals surface area contributed by atoms with Crippen molar-refractivity contribution in [3.63, 3.8) is 0 Å². The Morgan fingerprint density at radius 3 is 2.07 bits per heavy atom. The van der Waals surface area contributed by atoms with Gasteiger partial charge in [-0.05, 0) is 6.42 Å². The summed E-state index contributed by atoms with van der Waals surface area (Å²) in [5.74, 6) is 0.109. The minimum Gasteiger partial charge on any atom is -0.394 e. The van der Waals surface area contributed by atoms with Gasteiger partial charge < -0.3 is 20.6 Å². The Bertz CT molecular complexity index is 290. The van der Waals surface area contributed by atoms with E-state index in [4.69, 9.17) is 15.3 Å². The molecule has 0 saturated carbocycles. The first kappa shape index (κ1) is 12.9. The summed E-state index contributed by atoms with van der Waals surface area (Å²) >= 11 is 0. The van der Waals surface area contributed by atoms with Crippen LogP contribution in [0, 0.1) is 0 Å². The molecule has 15 heavy (non-hydrogen) atoms. The van der Waals surface area contributed by atoms with E-state index in [0.717, 1.165) is 0 Å². The van der Waals surface area contributed by atoms with Crippen molar-refractivity contribution in [2.45, 2.75) is 18.0 Å². The lowest BCUT2D eigenvalue weighted by molar-refractivity contribution is 0.0362. The van der Waals surface area contributed by atoms with Crippen LogP contribution in [0.4, 0.5) is 0 Å². The molecule has 0 aromatic carbocycles. The molecule has 1 fully saturated rings. The molecule has 90 valence electrons. The van der Waals surface area contributed by atoms with Crippen LogP contribution in [-0.4, -0.2) is 66.6 Å². The van der Waals surface area contributed by atoms with E-state index in [9.17, 15) is 8.42 Å². The first-order chi connectivity index (χ1) is 6.97. The largest absolute Gasteiger partial charge is 0.394 e. The van der Waals surface area contributed by atoms with Crippen molar-refractivity contribution in [1.82, 2.24) is 5.32 Å². The Morgan fingerprint density at radius 1 is 1.20 bits per heavy atom. The van der Waals surface area contributed by atoms with Crippen LogP contribution in [0.25, 0.3) is 0 Å². The van der Waals surface area contributed by atoms with Gasteiger partial charge in [-0.3, -0.25) is 0 Å². The van der Waals surface area contributed by atoms with E-state index in [0.29, 0.717) is 6.42 Å². The molecule has 4 N–H and O–H groups in total. The van der Waals surface area contributed by atoms with E-state index in [1.165, 1.54) is 0 Å². The maximum absolute atomic E-state index is 11.2. The SMILES string of the molecule is O=S1(=O)CCC(NC(CO)(CO)CO)C1. The highest BCUT2D eigenvalue weighted by Gasteiger charge is 2.35. The molecule has 1 unspecified atom stereocenters. The lowest BCUT2D eigenvalue weighted by Crippen LogP contribution is -2.58. The van der Waals surface area contributed by atoms with E-state index in [2.05, 4.69) is 5.32 Å². The zero-order valence-corrected chi connectivity index (χ0v) is 9.20. The van der Waals surface area contributed by atoms with Crippen molar-refractivity contribution in [3.8, 4) is 0 Å². The predicted molar refractivity (Wildman–Crippen MR) is 54.2 cm³/mol. The van der Waals surface area contributed by atoms with E-state index >= 15 is 0 Å². The Hall–Kier alpha value is -0.210. The van der Waals surface area contributed by atoms with Gasteiger partial charge in [0.2, 0.25) is 0 Å². The Labute approximate surface area is 88.8 Å². The second-order valence-corrected chi connectivity index (χ2v) is 6.23. The smallest absolute Gasteiger partial charge is 0.151 e. The number of hydrogen-bond acceptors (Lipinski definition) is 6. The van der Waals surface area contributed by atoms with Gasteiger partial charge in [0.05, 0.1) is 36.9 Å². The third-order valence-electron chi connectivity index (χ3n) is 2.65. The molecular weight excluding hydrogens is 222 g/mol. The third kappa shape index (κ3) is 3.12. The standard InChI is InChI=1S/C8H17NO5S/c10-4-8(5-11,6-12)9-7-1-2-15(13,14)3-7/h7,9-12H,1-6H2. The lowest BCUT2D eigenvalue weighted by Gasteiger charge is -2.31. The van der Waals surface area contributed by atoms with Gasteiger partial charge in [0.25, 0.3) is 0 Å². The Morgan fingerprint density at radius 2 is 1.73 bits per heavy atom. The normalized spacial score (nSPS) is 25.7. The van der Waals surface area contributed by atoms with E-state index in [-0.39, 0.29) is 17.5 Å². The van der Waals surface area contributed by atoms with Crippen LogP contribution in [0.15, 0.2) is 0 Å². The highest BCUT2D eigenvalue weighted by Crippen LogP contribution is 2.15. The molecular formula is C8H17NO5S. The number of nitrogens with one attached hydrogen (secondary N) is 1. The van der Waals surface area contributed by atoms with Gasteiger partial charge >= 0.3 is 0 Å². The Kier molecular flexibility index (Phi) is 4.07. The predicted octanol–water partition coefficient (Wildman–Crippen LogP) is -2.52. The van der Waals surface area contributed by atoms with Crippen LogP contribution in [-0.2, 0) is 9.84 Å². The summed E-state index contributed by atoms with van der Waals surface area (Å²) in [5, 5.41) is 29.9. The van der Waals surface area contributed by atoms with E-state index < -0.39 is 35.2 Å². The van der Waals surface area contributed by atoms with Gasteiger partial charge in [-0.1, -0.05) is 0 Å². The molecule has 6 nitrogen and oxygen atoms in total. The molecule has 0 bridgehead atoms. The van der Waals surface area contributed by atoms with Crippen molar-refractivity contribution in [3.05, 3.63) is 0 Å². The maximum atomic E-state index is 11.2. The highest BCUT2D eigenvalue weighted by atomic mass is 32.2. The molecule has 0 aliphatic carbocycles. The molecule has 1 saturated heterocycles. The molecule has 0 spiro atoms. The maximum Gasteiger partial charge on any atom is 0.151 e. The summed E-state index contributed by atoms with van der Waals surface area (Å²) in [7, 11) is -3.00. The highest BCUT2D eigenvalue weighted by molar-refractivity contribution is 7.91. The van der Waals surface area contributed by atoms with Crippen molar-refractivity contribution < 1.29 is 23.7 Å². The molecule has 1 rings (SSSR count). The summed E-state index contributed by atoms with van der Waals surface area (Å²) < 4.78 is 22.3. The minimum atomic E-state index is -3.00. The molecule has 1 heterocycles. The van der Waals surface area contributed by atoms with Crippen molar-refractivity contribution in [2.24, 2.45) is 0 Å². The number of hydrogen-bond donors (Lipinski definition) is 4.